The molecule has 0 saturated carbocycles. The molecule has 1 N–H and O–H groups in total. The second-order valence-electron chi connectivity index (χ2n) is 4.64. The van der Waals surface area contributed by atoms with Crippen LogP contribution in [0.3, 0.4) is 0 Å². The minimum absolute atomic E-state index is 0.114. The number of carbonyl (C=O) groups excluding carboxylic acids is 1. The van der Waals surface area contributed by atoms with Crippen molar-refractivity contribution in [2.75, 3.05) is 7.11 Å². The lowest BCUT2D eigenvalue weighted by Gasteiger charge is -2.06. The predicted molar refractivity (Wildman–Crippen MR) is 80.9 cm³/mol. The molecule has 0 aliphatic rings. The first kappa shape index (κ1) is 17.5. The number of amides is 1. The minimum atomic E-state index is -4.02. The van der Waals surface area contributed by atoms with Crippen LogP contribution in [0.4, 0.5) is 4.39 Å². The van der Waals surface area contributed by atoms with Crippen molar-refractivity contribution < 1.29 is 26.8 Å². The normalized spacial score (nSPS) is 11.4. The standard InChI is InChI=1S/C14H13ClFNO5S/c1-21-7-10-3-5-13(22-10)14(18)17-23(19,20)8-9-2-4-11(15)12(16)6-9/h2-6H,7-8H2,1H3,(H,17,18). The third-order valence-corrected chi connectivity index (χ3v) is 4.28. The fraction of sp³-hybridized carbons (Fsp3) is 0.214. The van der Waals surface area contributed by atoms with Gasteiger partial charge in [0.15, 0.2) is 5.76 Å². The van der Waals surface area contributed by atoms with Gasteiger partial charge in [0, 0.05) is 7.11 Å². The van der Waals surface area contributed by atoms with Crippen molar-refractivity contribution in [1.29, 1.82) is 0 Å². The molecule has 0 atom stereocenters. The molecular weight excluding hydrogens is 349 g/mol. The average Bonchev–Trinajstić information content (AvgIpc) is 2.91. The predicted octanol–water partition coefficient (Wildman–Crippen LogP) is 2.48. The number of halogens is 2. The molecule has 23 heavy (non-hydrogen) atoms. The highest BCUT2D eigenvalue weighted by Gasteiger charge is 2.20. The number of nitrogens with one attached hydrogen (secondary N) is 1. The quantitative estimate of drug-likeness (QED) is 0.854. The van der Waals surface area contributed by atoms with E-state index in [1.54, 1.807) is 0 Å². The Morgan fingerprint density at radius 1 is 1.35 bits per heavy atom. The van der Waals surface area contributed by atoms with E-state index in [4.69, 9.17) is 20.8 Å². The lowest BCUT2D eigenvalue weighted by molar-refractivity contribution is 0.0945. The van der Waals surface area contributed by atoms with Gasteiger partial charge in [-0.2, -0.15) is 0 Å². The zero-order valence-electron chi connectivity index (χ0n) is 12.0. The van der Waals surface area contributed by atoms with Gasteiger partial charge in [-0.15, -0.1) is 0 Å². The van der Waals surface area contributed by atoms with Crippen LogP contribution in [0.2, 0.25) is 5.02 Å². The molecular formula is C14H13ClFNO5S. The summed E-state index contributed by atoms with van der Waals surface area (Å²) in [5.41, 5.74) is 0.159. The van der Waals surface area contributed by atoms with E-state index in [1.165, 1.54) is 31.4 Å². The monoisotopic (exact) mass is 361 g/mol. The third kappa shape index (κ3) is 4.78. The third-order valence-electron chi connectivity index (χ3n) is 2.76. The number of carbonyl (C=O) groups is 1. The van der Waals surface area contributed by atoms with Gasteiger partial charge in [0.25, 0.3) is 5.91 Å². The highest BCUT2D eigenvalue weighted by atomic mass is 35.5. The summed E-state index contributed by atoms with van der Waals surface area (Å²) in [5.74, 6) is -2.00. The number of benzene rings is 1. The number of hydrogen-bond acceptors (Lipinski definition) is 5. The first-order valence-corrected chi connectivity index (χ1v) is 8.40. The molecule has 1 aromatic heterocycles. The Balaban J connectivity index is 2.07. The molecule has 0 unspecified atom stereocenters. The van der Waals surface area contributed by atoms with Crippen molar-refractivity contribution >= 4 is 27.5 Å². The highest BCUT2D eigenvalue weighted by molar-refractivity contribution is 7.89. The number of methoxy groups -OCH3 is 1. The van der Waals surface area contributed by atoms with Crippen LogP contribution in [-0.2, 0) is 27.1 Å². The maximum absolute atomic E-state index is 13.3. The summed E-state index contributed by atoms with van der Waals surface area (Å²) in [6, 6.07) is 6.43. The van der Waals surface area contributed by atoms with Crippen LogP contribution in [0.5, 0.6) is 0 Å². The van der Waals surface area contributed by atoms with E-state index in [9.17, 15) is 17.6 Å². The molecule has 6 nitrogen and oxygen atoms in total. The lowest BCUT2D eigenvalue weighted by atomic mass is 10.2. The summed E-state index contributed by atoms with van der Waals surface area (Å²) in [4.78, 5) is 11.9. The molecule has 2 rings (SSSR count). The summed E-state index contributed by atoms with van der Waals surface area (Å²) in [6.07, 6.45) is 0. The SMILES string of the molecule is COCc1ccc(C(=O)NS(=O)(=O)Cc2ccc(Cl)c(F)c2)o1. The number of rotatable bonds is 6. The Bertz CT molecular complexity index is 818. The second-order valence-corrected chi connectivity index (χ2v) is 6.77. The zero-order chi connectivity index (χ0) is 17.0. The Labute approximate surface area is 137 Å². The van der Waals surface area contributed by atoms with Crippen molar-refractivity contribution in [3.8, 4) is 0 Å². The molecule has 0 saturated heterocycles. The van der Waals surface area contributed by atoms with Gasteiger partial charge in [0.1, 0.15) is 18.2 Å². The van der Waals surface area contributed by atoms with E-state index in [0.29, 0.717) is 5.76 Å². The first-order chi connectivity index (χ1) is 10.8. The second kappa shape index (κ2) is 7.12. The molecule has 124 valence electrons. The van der Waals surface area contributed by atoms with E-state index in [1.807, 2.05) is 4.72 Å². The zero-order valence-corrected chi connectivity index (χ0v) is 13.6. The van der Waals surface area contributed by atoms with E-state index in [-0.39, 0.29) is 23.0 Å². The maximum Gasteiger partial charge on any atom is 0.300 e. The molecule has 0 spiro atoms. The van der Waals surface area contributed by atoms with Gasteiger partial charge in [0.05, 0.1) is 10.8 Å². The van der Waals surface area contributed by atoms with Crippen molar-refractivity contribution in [3.05, 3.63) is 58.3 Å². The van der Waals surface area contributed by atoms with Crippen LogP contribution < -0.4 is 4.72 Å². The Morgan fingerprint density at radius 3 is 2.74 bits per heavy atom. The van der Waals surface area contributed by atoms with E-state index >= 15 is 0 Å². The maximum atomic E-state index is 13.3. The highest BCUT2D eigenvalue weighted by Crippen LogP contribution is 2.17. The van der Waals surface area contributed by atoms with Crippen molar-refractivity contribution in [2.45, 2.75) is 12.4 Å². The number of furan rings is 1. The van der Waals surface area contributed by atoms with Gasteiger partial charge < -0.3 is 9.15 Å². The van der Waals surface area contributed by atoms with Gasteiger partial charge in [-0.3, -0.25) is 4.79 Å². The Morgan fingerprint density at radius 2 is 2.09 bits per heavy atom. The Kier molecular flexibility index (Phi) is 5.40. The van der Waals surface area contributed by atoms with Crippen LogP contribution in [0, 0.1) is 5.82 Å². The average molecular weight is 362 g/mol. The fourth-order valence-electron chi connectivity index (χ4n) is 1.80. The van der Waals surface area contributed by atoms with Crippen LogP contribution in [-0.4, -0.2) is 21.4 Å². The van der Waals surface area contributed by atoms with Crippen LogP contribution in [0.25, 0.3) is 0 Å². The van der Waals surface area contributed by atoms with Crippen LogP contribution in [0.15, 0.2) is 34.7 Å². The van der Waals surface area contributed by atoms with Crippen LogP contribution in [0.1, 0.15) is 21.9 Å². The number of ether oxygens (including phenoxy) is 1. The smallest absolute Gasteiger partial charge is 0.300 e. The molecule has 1 amide bonds. The topological polar surface area (TPSA) is 85.6 Å². The molecule has 1 aromatic carbocycles. The van der Waals surface area contributed by atoms with Gasteiger partial charge >= 0.3 is 0 Å². The summed E-state index contributed by atoms with van der Waals surface area (Å²) < 4.78 is 49.1. The Hall–Kier alpha value is -1.90. The van der Waals surface area contributed by atoms with Crippen molar-refractivity contribution in [1.82, 2.24) is 4.72 Å². The summed E-state index contributed by atoms with van der Waals surface area (Å²) in [6.45, 7) is 0.157. The van der Waals surface area contributed by atoms with E-state index < -0.39 is 27.5 Å². The lowest BCUT2D eigenvalue weighted by Crippen LogP contribution is -2.31. The van der Waals surface area contributed by atoms with Gasteiger partial charge in [-0.1, -0.05) is 17.7 Å². The largest absolute Gasteiger partial charge is 0.453 e. The van der Waals surface area contributed by atoms with Crippen LogP contribution >= 0.6 is 11.6 Å². The fourth-order valence-corrected chi connectivity index (χ4v) is 2.99. The molecule has 1 heterocycles. The summed E-state index contributed by atoms with van der Waals surface area (Å²) in [5, 5.41) is -0.114. The molecule has 0 aliphatic heterocycles. The van der Waals surface area contributed by atoms with Gasteiger partial charge in [-0.05, 0) is 29.8 Å². The van der Waals surface area contributed by atoms with Crippen molar-refractivity contribution in [3.63, 3.8) is 0 Å². The van der Waals surface area contributed by atoms with Gasteiger partial charge in [0.2, 0.25) is 10.0 Å². The van der Waals surface area contributed by atoms with Crippen molar-refractivity contribution in [2.24, 2.45) is 0 Å². The molecule has 9 heteroatoms. The molecule has 0 radical (unpaired) electrons. The minimum Gasteiger partial charge on any atom is -0.453 e. The van der Waals surface area contributed by atoms with E-state index in [2.05, 4.69) is 0 Å². The van der Waals surface area contributed by atoms with Gasteiger partial charge in [-0.25, -0.2) is 17.5 Å². The molecule has 2 aromatic rings. The summed E-state index contributed by atoms with van der Waals surface area (Å²) >= 11 is 5.53. The molecule has 0 fully saturated rings. The molecule has 0 aliphatic carbocycles. The number of sulfonamides is 1. The number of hydrogen-bond donors (Lipinski definition) is 1. The summed E-state index contributed by atoms with van der Waals surface area (Å²) in [7, 11) is -2.56. The van der Waals surface area contributed by atoms with E-state index in [0.717, 1.165) is 6.07 Å². The first-order valence-electron chi connectivity index (χ1n) is 6.37. The molecule has 0 bridgehead atoms.